The first-order valence-corrected chi connectivity index (χ1v) is 8.12. The number of carbonyl (C=O) groups is 1. The minimum atomic E-state index is -0.246. The fourth-order valence-corrected chi connectivity index (χ4v) is 2.62. The minimum Gasteiger partial charge on any atom is -0.326 e. The molecule has 0 aliphatic heterocycles. The van der Waals surface area contributed by atoms with Gasteiger partial charge in [0.1, 0.15) is 0 Å². The second-order valence-corrected chi connectivity index (χ2v) is 5.86. The van der Waals surface area contributed by atoms with Gasteiger partial charge in [-0.2, -0.15) is 5.10 Å². The Balaban J connectivity index is 1.65. The summed E-state index contributed by atoms with van der Waals surface area (Å²) >= 11 is 0. The lowest BCUT2D eigenvalue weighted by Gasteiger charge is -2.08. The first-order valence-electron chi connectivity index (χ1n) is 8.12. The maximum Gasteiger partial charge on any atom is 0.264 e. The van der Waals surface area contributed by atoms with Gasteiger partial charge in [-0.15, -0.1) is 0 Å². The lowest BCUT2D eigenvalue weighted by atomic mass is 10.0. The van der Waals surface area contributed by atoms with Crippen molar-refractivity contribution < 1.29 is 4.79 Å². The van der Waals surface area contributed by atoms with E-state index >= 15 is 0 Å². The average Bonchev–Trinajstić information content (AvgIpc) is 2.62. The molecule has 5 heteroatoms. The molecule has 0 bridgehead atoms. The van der Waals surface area contributed by atoms with Gasteiger partial charge in [-0.3, -0.25) is 9.59 Å². The van der Waals surface area contributed by atoms with Crippen LogP contribution in [-0.4, -0.2) is 16.1 Å². The number of carbonyl (C=O) groups excluding carboxylic acids is 1. The second kappa shape index (κ2) is 7.57. The normalized spacial score (nSPS) is 10.4. The van der Waals surface area contributed by atoms with Crippen LogP contribution < -0.4 is 10.9 Å². The third-order valence-corrected chi connectivity index (χ3v) is 4.00. The van der Waals surface area contributed by atoms with Gasteiger partial charge in [-0.1, -0.05) is 36.4 Å². The van der Waals surface area contributed by atoms with Crippen molar-refractivity contribution in [3.05, 3.63) is 82.1 Å². The van der Waals surface area contributed by atoms with Gasteiger partial charge >= 0.3 is 0 Å². The first kappa shape index (κ1) is 16.6. The van der Waals surface area contributed by atoms with Gasteiger partial charge < -0.3 is 5.32 Å². The molecule has 0 saturated carbocycles. The summed E-state index contributed by atoms with van der Waals surface area (Å²) in [6.45, 7) is 2.05. The number of rotatable bonds is 5. The molecule has 0 spiro atoms. The number of hydrogen-bond acceptors (Lipinski definition) is 3. The highest BCUT2D eigenvalue weighted by molar-refractivity contribution is 5.91. The van der Waals surface area contributed by atoms with Crippen LogP contribution in [-0.2, 0) is 11.2 Å². The van der Waals surface area contributed by atoms with E-state index in [1.54, 1.807) is 6.07 Å². The van der Waals surface area contributed by atoms with E-state index in [2.05, 4.69) is 15.5 Å². The number of nitrogens with zero attached hydrogens (tertiary/aromatic N) is 1. The molecule has 0 aliphatic carbocycles. The van der Waals surface area contributed by atoms with Crippen molar-refractivity contribution in [1.82, 2.24) is 10.2 Å². The Hall–Kier alpha value is -3.21. The number of aromatic nitrogens is 2. The van der Waals surface area contributed by atoms with Crippen LogP contribution in [0.15, 0.2) is 65.5 Å². The summed E-state index contributed by atoms with van der Waals surface area (Å²) in [7, 11) is 0. The number of amides is 1. The van der Waals surface area contributed by atoms with Crippen LogP contribution in [0, 0.1) is 6.92 Å². The topological polar surface area (TPSA) is 74.8 Å². The number of aryl methyl sites for hydroxylation is 2. The lowest BCUT2D eigenvalue weighted by molar-refractivity contribution is -0.116. The van der Waals surface area contributed by atoms with Gasteiger partial charge in [0.25, 0.3) is 5.56 Å². The van der Waals surface area contributed by atoms with Crippen molar-refractivity contribution in [3.63, 3.8) is 0 Å². The number of aromatic amines is 1. The Labute approximate surface area is 145 Å². The number of benzene rings is 2. The molecule has 25 heavy (non-hydrogen) atoms. The van der Waals surface area contributed by atoms with Gasteiger partial charge in [0.05, 0.1) is 5.69 Å². The Morgan fingerprint density at radius 3 is 2.68 bits per heavy atom. The molecular formula is C20H19N3O2. The zero-order valence-corrected chi connectivity index (χ0v) is 14.0. The van der Waals surface area contributed by atoms with Gasteiger partial charge in [-0.25, -0.2) is 5.10 Å². The van der Waals surface area contributed by atoms with E-state index in [-0.39, 0.29) is 11.5 Å². The summed E-state index contributed by atoms with van der Waals surface area (Å²) < 4.78 is 0. The molecule has 2 aromatic carbocycles. The van der Waals surface area contributed by atoms with Gasteiger partial charge in [-0.05, 0) is 42.7 Å². The molecule has 3 rings (SSSR count). The van der Waals surface area contributed by atoms with E-state index in [9.17, 15) is 9.59 Å². The van der Waals surface area contributed by atoms with E-state index in [4.69, 9.17) is 0 Å². The van der Waals surface area contributed by atoms with E-state index in [0.717, 1.165) is 5.56 Å². The largest absolute Gasteiger partial charge is 0.326 e. The molecule has 0 fully saturated rings. The summed E-state index contributed by atoms with van der Waals surface area (Å²) in [4.78, 5) is 23.3. The molecule has 0 aliphatic rings. The average molecular weight is 333 g/mol. The SMILES string of the molecule is Cc1ccccc1CCC(=O)Nc1cccc(-c2ccc(=O)[nH]n2)c1. The second-order valence-electron chi connectivity index (χ2n) is 5.86. The van der Waals surface area contributed by atoms with E-state index < -0.39 is 0 Å². The highest BCUT2D eigenvalue weighted by Crippen LogP contribution is 2.20. The van der Waals surface area contributed by atoms with Crippen molar-refractivity contribution in [2.24, 2.45) is 0 Å². The fraction of sp³-hybridized carbons (Fsp3) is 0.150. The van der Waals surface area contributed by atoms with Crippen LogP contribution in [0.5, 0.6) is 0 Å². The maximum atomic E-state index is 12.2. The molecule has 2 N–H and O–H groups in total. The minimum absolute atomic E-state index is 0.0326. The predicted octanol–water partition coefficient (Wildman–Crippen LogP) is 3.32. The summed E-state index contributed by atoms with van der Waals surface area (Å²) in [6.07, 6.45) is 1.13. The predicted molar refractivity (Wildman–Crippen MR) is 98.4 cm³/mol. The summed E-state index contributed by atoms with van der Waals surface area (Å²) in [5, 5.41) is 9.33. The number of hydrogen-bond donors (Lipinski definition) is 2. The van der Waals surface area contributed by atoms with Crippen molar-refractivity contribution in [2.75, 3.05) is 5.32 Å². The number of anilines is 1. The monoisotopic (exact) mass is 333 g/mol. The summed E-state index contributed by atoms with van der Waals surface area (Å²) in [6, 6.07) is 18.6. The molecular weight excluding hydrogens is 314 g/mol. The van der Waals surface area contributed by atoms with E-state index in [0.29, 0.717) is 24.2 Å². The van der Waals surface area contributed by atoms with E-state index in [1.165, 1.54) is 17.2 Å². The Morgan fingerprint density at radius 2 is 1.92 bits per heavy atom. The van der Waals surface area contributed by atoms with Gasteiger partial charge in [0.2, 0.25) is 5.91 Å². The molecule has 1 heterocycles. The van der Waals surface area contributed by atoms with Gasteiger partial charge in [0.15, 0.2) is 0 Å². The van der Waals surface area contributed by atoms with E-state index in [1.807, 2.05) is 55.5 Å². The standard InChI is InChI=1S/C20H19N3O2/c1-14-5-2-3-6-15(14)9-11-19(24)21-17-8-4-7-16(13-17)18-10-12-20(25)23-22-18/h2-8,10,12-13H,9,11H2,1H3,(H,21,24)(H,23,25). The van der Waals surface area contributed by atoms with Crippen molar-refractivity contribution in [1.29, 1.82) is 0 Å². The third-order valence-electron chi connectivity index (χ3n) is 4.00. The van der Waals surface area contributed by atoms with Crippen LogP contribution in [0.1, 0.15) is 17.5 Å². The zero-order valence-electron chi connectivity index (χ0n) is 14.0. The van der Waals surface area contributed by atoms with Crippen LogP contribution in [0.3, 0.4) is 0 Å². The third kappa shape index (κ3) is 4.41. The molecule has 0 unspecified atom stereocenters. The number of nitrogens with one attached hydrogen (secondary N) is 2. The molecule has 0 radical (unpaired) electrons. The summed E-state index contributed by atoms with van der Waals surface area (Å²) in [5.41, 5.74) is 4.32. The molecule has 3 aromatic rings. The molecule has 126 valence electrons. The maximum absolute atomic E-state index is 12.2. The van der Waals surface area contributed by atoms with Gasteiger partial charge in [0, 0.05) is 23.7 Å². The summed E-state index contributed by atoms with van der Waals surface area (Å²) in [5.74, 6) is -0.0326. The first-order chi connectivity index (χ1) is 12.1. The molecule has 1 aromatic heterocycles. The Morgan fingerprint density at radius 1 is 1.08 bits per heavy atom. The zero-order chi connectivity index (χ0) is 17.6. The van der Waals surface area contributed by atoms with Crippen LogP contribution in [0.2, 0.25) is 0 Å². The lowest BCUT2D eigenvalue weighted by Crippen LogP contribution is -2.12. The van der Waals surface area contributed by atoms with Crippen LogP contribution in [0.4, 0.5) is 5.69 Å². The molecule has 0 atom stereocenters. The van der Waals surface area contributed by atoms with Crippen molar-refractivity contribution in [3.8, 4) is 11.3 Å². The smallest absolute Gasteiger partial charge is 0.264 e. The number of H-pyrrole nitrogens is 1. The quantitative estimate of drug-likeness (QED) is 0.752. The Kier molecular flexibility index (Phi) is 5.04. The highest BCUT2D eigenvalue weighted by Gasteiger charge is 2.06. The molecule has 5 nitrogen and oxygen atoms in total. The molecule has 0 saturated heterocycles. The fourth-order valence-electron chi connectivity index (χ4n) is 2.62. The van der Waals surface area contributed by atoms with Crippen LogP contribution in [0.25, 0.3) is 11.3 Å². The van der Waals surface area contributed by atoms with Crippen LogP contribution >= 0.6 is 0 Å². The molecule has 1 amide bonds. The van der Waals surface area contributed by atoms with Crippen molar-refractivity contribution >= 4 is 11.6 Å². The highest BCUT2D eigenvalue weighted by atomic mass is 16.1. The van der Waals surface area contributed by atoms with Crippen molar-refractivity contribution in [2.45, 2.75) is 19.8 Å². The Bertz CT molecular complexity index is 927.